The van der Waals surface area contributed by atoms with Crippen molar-refractivity contribution in [1.82, 2.24) is 15.8 Å². The van der Waals surface area contributed by atoms with Crippen LogP contribution in [0.2, 0.25) is 0 Å². The molecule has 2 aromatic rings. The molecule has 2 rings (SSSR count). The fourth-order valence-electron chi connectivity index (χ4n) is 2.26. The molecular formula is C17H23N3O5S. The molecule has 1 heterocycles. The molecular weight excluding hydrogens is 358 g/mol. The Kier molecular flexibility index (Phi) is 6.38. The average molecular weight is 381 g/mol. The number of nitrogens with one attached hydrogen (secondary N) is 2. The molecule has 0 saturated carbocycles. The van der Waals surface area contributed by atoms with Crippen LogP contribution in [-0.4, -0.2) is 46.2 Å². The van der Waals surface area contributed by atoms with Crippen LogP contribution < -0.4 is 15.4 Å². The predicted octanol–water partition coefficient (Wildman–Crippen LogP) is 1.30. The third-order valence-corrected chi connectivity index (χ3v) is 5.49. The average Bonchev–Trinajstić information content (AvgIpc) is 3.02. The van der Waals surface area contributed by atoms with Gasteiger partial charge in [-0.2, -0.15) is 0 Å². The first kappa shape index (κ1) is 19.9. The Hall–Kier alpha value is -2.39. The van der Waals surface area contributed by atoms with Crippen molar-refractivity contribution in [2.45, 2.75) is 30.5 Å². The molecule has 1 aromatic heterocycles. The van der Waals surface area contributed by atoms with Gasteiger partial charge in [0.05, 0.1) is 12.8 Å². The molecule has 1 unspecified atom stereocenters. The summed E-state index contributed by atoms with van der Waals surface area (Å²) in [7, 11) is -0.618. The van der Waals surface area contributed by atoms with E-state index in [0.29, 0.717) is 12.2 Å². The minimum absolute atomic E-state index is 0.0663. The monoisotopic (exact) mass is 381 g/mol. The zero-order chi connectivity index (χ0) is 19.3. The van der Waals surface area contributed by atoms with Crippen molar-refractivity contribution < 1.29 is 22.5 Å². The largest absolute Gasteiger partial charge is 0.495 e. The van der Waals surface area contributed by atoms with E-state index in [4.69, 9.17) is 9.26 Å². The minimum atomic E-state index is -3.79. The van der Waals surface area contributed by atoms with Crippen LogP contribution in [0.4, 0.5) is 0 Å². The molecule has 2 N–H and O–H groups in total. The highest BCUT2D eigenvalue weighted by molar-refractivity contribution is 7.90. The number of rotatable bonds is 8. The third kappa shape index (κ3) is 4.83. The number of hydrogen-bond donors (Lipinski definition) is 2. The topological polar surface area (TPSA) is 111 Å². The second-order valence-corrected chi connectivity index (χ2v) is 7.92. The van der Waals surface area contributed by atoms with Crippen LogP contribution in [0.25, 0.3) is 0 Å². The number of nitrogens with zero attached hydrogens (tertiary/aromatic N) is 1. The lowest BCUT2D eigenvalue weighted by molar-refractivity contribution is 0.0950. The maximum Gasteiger partial charge on any atom is 0.251 e. The SMILES string of the molecule is CNC(C)CNC(=O)c1ccc(OC)c(S(=O)(=O)Cc2cc(C)no2)c1. The number of aryl methyl sites for hydroxylation is 1. The fourth-order valence-corrected chi connectivity index (χ4v) is 3.69. The van der Waals surface area contributed by atoms with E-state index < -0.39 is 9.84 Å². The number of hydrogen-bond acceptors (Lipinski definition) is 7. The summed E-state index contributed by atoms with van der Waals surface area (Å²) in [6, 6.07) is 5.96. The van der Waals surface area contributed by atoms with Gasteiger partial charge in [0, 0.05) is 24.2 Å². The molecule has 9 heteroatoms. The van der Waals surface area contributed by atoms with Crippen molar-refractivity contribution in [3.05, 3.63) is 41.3 Å². The van der Waals surface area contributed by atoms with Crippen LogP contribution in [-0.2, 0) is 15.6 Å². The number of amides is 1. The lowest BCUT2D eigenvalue weighted by Gasteiger charge is -2.13. The van der Waals surface area contributed by atoms with Crippen LogP contribution in [0, 0.1) is 6.92 Å². The molecule has 0 aliphatic heterocycles. The van der Waals surface area contributed by atoms with Crippen LogP contribution in [0.3, 0.4) is 0 Å². The maximum absolute atomic E-state index is 12.8. The summed E-state index contributed by atoms with van der Waals surface area (Å²) < 4.78 is 35.7. The smallest absolute Gasteiger partial charge is 0.251 e. The summed E-state index contributed by atoms with van der Waals surface area (Å²) in [5.74, 6) is -0.336. The quantitative estimate of drug-likeness (QED) is 0.709. The van der Waals surface area contributed by atoms with Gasteiger partial charge in [0.1, 0.15) is 16.4 Å². The van der Waals surface area contributed by atoms with E-state index in [1.807, 2.05) is 6.92 Å². The highest BCUT2D eigenvalue weighted by Gasteiger charge is 2.24. The van der Waals surface area contributed by atoms with Crippen molar-refractivity contribution in [3.8, 4) is 5.75 Å². The van der Waals surface area contributed by atoms with Crippen molar-refractivity contribution in [2.75, 3.05) is 20.7 Å². The predicted molar refractivity (Wildman–Crippen MR) is 96.0 cm³/mol. The van der Waals surface area contributed by atoms with Crippen molar-refractivity contribution in [1.29, 1.82) is 0 Å². The fraction of sp³-hybridized carbons (Fsp3) is 0.412. The van der Waals surface area contributed by atoms with Gasteiger partial charge < -0.3 is 19.9 Å². The summed E-state index contributed by atoms with van der Waals surface area (Å²) in [6.07, 6.45) is 0. The highest BCUT2D eigenvalue weighted by Crippen LogP contribution is 2.28. The molecule has 0 aliphatic rings. The summed E-state index contributed by atoms with van der Waals surface area (Å²) in [6.45, 7) is 4.04. The van der Waals surface area contributed by atoms with E-state index in [1.165, 1.54) is 25.3 Å². The van der Waals surface area contributed by atoms with Gasteiger partial charge in [-0.05, 0) is 39.1 Å². The molecule has 142 valence electrons. The van der Waals surface area contributed by atoms with Gasteiger partial charge in [0.2, 0.25) is 0 Å². The number of carbonyl (C=O) groups is 1. The van der Waals surface area contributed by atoms with E-state index in [-0.39, 0.29) is 39.7 Å². The Bertz CT molecular complexity index is 876. The maximum atomic E-state index is 12.8. The lowest BCUT2D eigenvalue weighted by Crippen LogP contribution is -2.37. The number of aromatic nitrogens is 1. The first-order valence-corrected chi connectivity index (χ1v) is 9.70. The molecule has 1 amide bonds. The summed E-state index contributed by atoms with van der Waals surface area (Å²) in [5.41, 5.74) is 0.829. The summed E-state index contributed by atoms with van der Waals surface area (Å²) in [5, 5.41) is 9.45. The number of likely N-dealkylation sites (N-methyl/N-ethyl adjacent to an activating group) is 1. The molecule has 26 heavy (non-hydrogen) atoms. The molecule has 0 fully saturated rings. The summed E-state index contributed by atoms with van der Waals surface area (Å²) >= 11 is 0. The van der Waals surface area contributed by atoms with Gasteiger partial charge in [-0.25, -0.2) is 8.42 Å². The highest BCUT2D eigenvalue weighted by atomic mass is 32.2. The van der Waals surface area contributed by atoms with E-state index in [2.05, 4.69) is 15.8 Å². The Morgan fingerprint density at radius 1 is 1.35 bits per heavy atom. The second-order valence-electron chi connectivity index (χ2n) is 5.96. The zero-order valence-corrected chi connectivity index (χ0v) is 16.0. The van der Waals surface area contributed by atoms with E-state index in [0.717, 1.165) is 0 Å². The number of benzene rings is 1. The van der Waals surface area contributed by atoms with E-state index in [1.54, 1.807) is 20.0 Å². The van der Waals surface area contributed by atoms with Gasteiger partial charge in [-0.3, -0.25) is 4.79 Å². The van der Waals surface area contributed by atoms with Crippen molar-refractivity contribution in [2.24, 2.45) is 0 Å². The molecule has 0 saturated heterocycles. The Balaban J connectivity index is 2.30. The van der Waals surface area contributed by atoms with E-state index >= 15 is 0 Å². The second kappa shape index (κ2) is 8.33. The molecule has 0 radical (unpaired) electrons. The Morgan fingerprint density at radius 2 is 2.08 bits per heavy atom. The third-order valence-electron chi connectivity index (χ3n) is 3.83. The van der Waals surface area contributed by atoms with Gasteiger partial charge in [0.25, 0.3) is 5.91 Å². The zero-order valence-electron chi connectivity index (χ0n) is 15.2. The first-order valence-electron chi connectivity index (χ1n) is 8.05. The number of sulfone groups is 1. The normalized spacial score (nSPS) is 12.6. The molecule has 1 atom stereocenters. The van der Waals surface area contributed by atoms with Crippen molar-refractivity contribution in [3.63, 3.8) is 0 Å². The van der Waals surface area contributed by atoms with Crippen molar-refractivity contribution >= 4 is 15.7 Å². The lowest BCUT2D eigenvalue weighted by atomic mass is 10.2. The molecule has 0 aliphatic carbocycles. The minimum Gasteiger partial charge on any atom is -0.495 e. The van der Waals surface area contributed by atoms with Gasteiger partial charge in [-0.15, -0.1) is 0 Å². The van der Waals surface area contributed by atoms with Gasteiger partial charge in [0.15, 0.2) is 15.6 Å². The standard InChI is InChI=1S/C17H23N3O5S/c1-11-7-14(25-20-11)10-26(22,23)16-8-13(5-6-15(16)24-4)17(21)19-9-12(2)18-3/h5-8,12,18H,9-10H2,1-4H3,(H,19,21). The molecule has 8 nitrogen and oxygen atoms in total. The number of ether oxygens (including phenoxy) is 1. The molecule has 0 spiro atoms. The van der Waals surface area contributed by atoms with Crippen LogP contribution >= 0.6 is 0 Å². The summed E-state index contributed by atoms with van der Waals surface area (Å²) in [4.78, 5) is 12.2. The Morgan fingerprint density at radius 3 is 2.65 bits per heavy atom. The first-order chi connectivity index (χ1) is 12.3. The van der Waals surface area contributed by atoms with E-state index in [9.17, 15) is 13.2 Å². The molecule has 1 aromatic carbocycles. The van der Waals surface area contributed by atoms with Gasteiger partial charge in [-0.1, -0.05) is 5.16 Å². The van der Waals surface area contributed by atoms with Gasteiger partial charge >= 0.3 is 0 Å². The van der Waals surface area contributed by atoms with Crippen LogP contribution in [0.1, 0.15) is 28.7 Å². The Labute approximate surface area is 152 Å². The number of carbonyl (C=O) groups excluding carboxylic acids is 1. The van der Waals surface area contributed by atoms with Crippen LogP contribution in [0.15, 0.2) is 33.7 Å². The van der Waals surface area contributed by atoms with Crippen LogP contribution in [0.5, 0.6) is 5.75 Å². The number of methoxy groups -OCH3 is 1. The molecule has 0 bridgehead atoms.